The van der Waals surface area contributed by atoms with Gasteiger partial charge in [0.15, 0.2) is 0 Å². The lowest BCUT2D eigenvalue weighted by Crippen LogP contribution is -2.52. The Hall–Kier alpha value is -4.72. The molecule has 14 heteroatoms. The maximum atomic E-state index is 14.2. The molecule has 0 aliphatic heterocycles. The molecule has 0 bridgehead atoms. The zero-order valence-corrected chi connectivity index (χ0v) is 30.4. The molecule has 3 amide bonds. The molecule has 13 nitrogen and oxygen atoms in total. The molecule has 0 radical (unpaired) electrons. The van der Waals surface area contributed by atoms with Crippen LogP contribution >= 0.6 is 12.4 Å². The highest BCUT2D eigenvalue weighted by atomic mass is 35.5. The molecule has 1 atom stereocenters. The highest BCUT2D eigenvalue weighted by molar-refractivity contribution is 6.02. The number of benzene rings is 2. The summed E-state index contributed by atoms with van der Waals surface area (Å²) in [6, 6.07) is 17.7. The van der Waals surface area contributed by atoms with Crippen LogP contribution < -0.4 is 21.7 Å². The first-order valence-electron chi connectivity index (χ1n) is 17.5. The third kappa shape index (κ3) is 9.75. The Labute approximate surface area is 305 Å². The first kappa shape index (κ1) is 39.1. The number of anilines is 1. The van der Waals surface area contributed by atoms with E-state index in [0.29, 0.717) is 49.1 Å². The molecule has 1 saturated carbocycles. The number of H-pyrrole nitrogens is 1. The van der Waals surface area contributed by atoms with E-state index < -0.39 is 11.9 Å². The van der Waals surface area contributed by atoms with Gasteiger partial charge in [0.05, 0.1) is 0 Å². The van der Waals surface area contributed by atoms with Crippen molar-refractivity contribution in [3.05, 3.63) is 77.6 Å². The minimum atomic E-state index is -0.917. The molecular weight excluding hydrogens is 668 g/mol. The number of hydrogen-bond acceptors (Lipinski definition) is 9. The molecule has 1 aliphatic rings. The molecule has 6 N–H and O–H groups in total. The van der Waals surface area contributed by atoms with Crippen LogP contribution in [0.4, 0.5) is 5.69 Å². The topological polar surface area (TPSA) is 189 Å². The Morgan fingerprint density at radius 2 is 1.61 bits per heavy atom. The smallest absolute Gasteiger partial charge is 0.269 e. The second kappa shape index (κ2) is 18.5. The fraction of sp³-hybridized carbons (Fsp3) is 0.432. The minimum absolute atomic E-state index is 0. The van der Waals surface area contributed by atoms with E-state index in [2.05, 4.69) is 49.7 Å². The number of aromatic nitrogens is 5. The van der Waals surface area contributed by atoms with Gasteiger partial charge in [-0.25, -0.2) is 4.98 Å². The molecule has 51 heavy (non-hydrogen) atoms. The van der Waals surface area contributed by atoms with E-state index in [9.17, 15) is 14.4 Å². The first-order valence-corrected chi connectivity index (χ1v) is 17.5. The molecule has 5 rings (SSSR count). The monoisotopic (exact) mass is 716 g/mol. The average molecular weight is 717 g/mol. The van der Waals surface area contributed by atoms with E-state index in [1.54, 1.807) is 35.2 Å². The molecule has 2 aromatic heterocycles. The summed E-state index contributed by atoms with van der Waals surface area (Å²) in [5.41, 5.74) is 17.0. The van der Waals surface area contributed by atoms with Crippen LogP contribution in [-0.2, 0) is 16.0 Å². The van der Waals surface area contributed by atoms with Gasteiger partial charge in [0, 0.05) is 47.9 Å². The van der Waals surface area contributed by atoms with Crippen LogP contribution in [0.5, 0.6) is 0 Å². The number of halogens is 1. The number of carbonyl (C=O) groups excluding carboxylic acids is 3. The second-order valence-corrected chi connectivity index (χ2v) is 12.9. The molecular formula is C37H49ClN10O3. The fourth-order valence-corrected chi connectivity index (χ4v) is 6.67. The molecule has 1 fully saturated rings. The van der Waals surface area contributed by atoms with Gasteiger partial charge in [0.1, 0.15) is 11.7 Å². The zero-order chi connectivity index (χ0) is 35.6. The number of carbonyl (C=O) groups is 3. The summed E-state index contributed by atoms with van der Waals surface area (Å²) >= 11 is 0. The Balaban J connectivity index is 0.00000583. The molecule has 0 saturated heterocycles. The lowest BCUT2D eigenvalue weighted by molar-refractivity contribution is -0.127. The van der Waals surface area contributed by atoms with Crippen molar-refractivity contribution >= 4 is 35.8 Å². The molecule has 2 aromatic carbocycles. The highest BCUT2D eigenvalue weighted by Gasteiger charge is 2.36. The summed E-state index contributed by atoms with van der Waals surface area (Å²) in [5, 5.41) is 17.1. The van der Waals surface area contributed by atoms with Gasteiger partial charge in [-0.1, -0.05) is 44.2 Å². The summed E-state index contributed by atoms with van der Waals surface area (Å²) < 4.78 is 0. The number of aromatic amines is 1. The maximum absolute atomic E-state index is 14.2. The van der Waals surface area contributed by atoms with Gasteiger partial charge in [-0.05, 0) is 105 Å². The number of nitrogens with zero attached hydrogens (tertiary/aromatic N) is 6. The highest BCUT2D eigenvalue weighted by Crippen LogP contribution is 2.33. The summed E-state index contributed by atoms with van der Waals surface area (Å²) in [4.78, 5) is 48.5. The Kier molecular flexibility index (Phi) is 14.2. The molecule has 1 aliphatic carbocycles. The van der Waals surface area contributed by atoms with Gasteiger partial charge in [0.25, 0.3) is 5.91 Å². The van der Waals surface area contributed by atoms with E-state index in [1.807, 2.05) is 37.3 Å². The third-order valence-corrected chi connectivity index (χ3v) is 9.78. The quantitative estimate of drug-likeness (QED) is 0.141. The van der Waals surface area contributed by atoms with Crippen molar-refractivity contribution in [1.82, 2.24) is 35.8 Å². The van der Waals surface area contributed by atoms with Gasteiger partial charge in [-0.3, -0.25) is 19.3 Å². The normalized spacial score (nSPS) is 16.3. The number of pyridine rings is 1. The van der Waals surface area contributed by atoms with Crippen LogP contribution in [0.15, 0.2) is 60.7 Å². The number of nitrogens with two attached hydrogens (primary N) is 2. The molecule has 0 unspecified atom stereocenters. The number of nitrogens with one attached hydrogen (secondary N) is 2. The van der Waals surface area contributed by atoms with Crippen LogP contribution in [0.1, 0.15) is 61.3 Å². The van der Waals surface area contributed by atoms with Crippen molar-refractivity contribution in [3.63, 3.8) is 0 Å². The number of rotatable bonds is 15. The molecule has 2 heterocycles. The predicted octanol–water partition coefficient (Wildman–Crippen LogP) is 3.93. The number of aryl methyl sites for hydroxylation is 1. The van der Waals surface area contributed by atoms with Gasteiger partial charge in [-0.2, -0.15) is 5.21 Å². The number of primary amides is 1. The zero-order valence-electron chi connectivity index (χ0n) is 29.5. The Morgan fingerprint density at radius 3 is 2.18 bits per heavy atom. The second-order valence-electron chi connectivity index (χ2n) is 12.9. The fourth-order valence-electron chi connectivity index (χ4n) is 6.67. The van der Waals surface area contributed by atoms with E-state index >= 15 is 0 Å². The summed E-state index contributed by atoms with van der Waals surface area (Å²) in [6.45, 7) is 9.90. The Morgan fingerprint density at radius 1 is 0.941 bits per heavy atom. The summed E-state index contributed by atoms with van der Waals surface area (Å²) in [5.74, 6) is -0.312. The summed E-state index contributed by atoms with van der Waals surface area (Å²) in [6.07, 6.45) is 3.40. The number of amides is 3. The first-order chi connectivity index (χ1) is 24.2. The van der Waals surface area contributed by atoms with Gasteiger partial charge in [0.2, 0.25) is 17.6 Å². The average Bonchev–Trinajstić information content (AvgIpc) is 3.69. The minimum Gasteiger partial charge on any atom is -0.368 e. The van der Waals surface area contributed by atoms with Crippen molar-refractivity contribution in [1.29, 1.82) is 0 Å². The summed E-state index contributed by atoms with van der Waals surface area (Å²) in [7, 11) is 0. The molecule has 0 spiro atoms. The van der Waals surface area contributed by atoms with Crippen molar-refractivity contribution < 1.29 is 14.4 Å². The number of hydrogen-bond donors (Lipinski definition) is 4. The third-order valence-electron chi connectivity index (χ3n) is 9.78. The standard InChI is InChI=1S/C37H48N10O3.ClH/c1-4-46(5-2)21-20-40-36(49)32-19-18-31(24(3)41-32)27-10-6-25(7-11-27)22-33(34(39)48)47(37(50)29-12-8-26(23-38)9-13-29)30-16-14-28(15-17-30)35-42-44-45-43-35;/h6-7,10-11,14-19,26,29,33H,4-5,8-9,12-13,20-23,38H2,1-3H3,(H2,39,48)(H,40,49)(H,42,43,44,45);1H/t26-,29-,33-;/m0./s1. The van der Waals surface area contributed by atoms with E-state index in [4.69, 9.17) is 11.5 Å². The van der Waals surface area contributed by atoms with Crippen LogP contribution in [0, 0.1) is 18.8 Å². The number of likely N-dealkylation sites (N-methyl/N-ethyl adjacent to an activating group) is 1. The largest absolute Gasteiger partial charge is 0.368 e. The Bertz CT molecular complexity index is 1720. The number of tetrazole rings is 1. The van der Waals surface area contributed by atoms with Crippen LogP contribution in [0.2, 0.25) is 0 Å². The molecule has 272 valence electrons. The van der Waals surface area contributed by atoms with Crippen LogP contribution in [0.3, 0.4) is 0 Å². The van der Waals surface area contributed by atoms with Crippen molar-refractivity contribution in [2.24, 2.45) is 23.3 Å². The predicted molar refractivity (Wildman–Crippen MR) is 200 cm³/mol. The van der Waals surface area contributed by atoms with E-state index in [-0.39, 0.29) is 36.6 Å². The lowest BCUT2D eigenvalue weighted by Gasteiger charge is -2.35. The van der Waals surface area contributed by atoms with E-state index in [1.165, 1.54) is 0 Å². The van der Waals surface area contributed by atoms with E-state index in [0.717, 1.165) is 60.4 Å². The van der Waals surface area contributed by atoms with Crippen molar-refractivity contribution in [2.45, 2.75) is 58.9 Å². The molecule has 4 aromatic rings. The maximum Gasteiger partial charge on any atom is 0.269 e. The van der Waals surface area contributed by atoms with Crippen molar-refractivity contribution in [3.8, 4) is 22.5 Å². The van der Waals surface area contributed by atoms with Crippen molar-refractivity contribution in [2.75, 3.05) is 37.6 Å². The van der Waals surface area contributed by atoms with Gasteiger partial charge in [-0.15, -0.1) is 22.6 Å². The van der Waals surface area contributed by atoms with Crippen LogP contribution in [0.25, 0.3) is 22.5 Å². The van der Waals surface area contributed by atoms with Gasteiger partial charge < -0.3 is 21.7 Å². The lowest BCUT2D eigenvalue weighted by atomic mass is 9.81. The van der Waals surface area contributed by atoms with Gasteiger partial charge >= 0.3 is 0 Å². The van der Waals surface area contributed by atoms with Crippen LogP contribution in [-0.4, -0.2) is 87.0 Å². The SMILES string of the molecule is CCN(CC)CCNC(=O)c1ccc(-c2ccc(C[C@@H](C(N)=O)N(c3ccc(-c4nn[nH]n4)cc3)C(=O)[C@H]3CC[C@H](CN)CC3)cc2)c(C)n1.Cl.